The number of allylic oxidation sites excluding steroid dienone is 3. The summed E-state index contributed by atoms with van der Waals surface area (Å²) in [6, 6.07) is 0. The Labute approximate surface area is 163 Å². The van der Waals surface area contributed by atoms with Crippen molar-refractivity contribution in [2.45, 2.75) is 71.8 Å². The Hall–Kier alpha value is -1.58. The molecule has 0 radical (unpaired) electrons. The molecule has 4 aliphatic rings. The Morgan fingerprint density at radius 1 is 1.26 bits per heavy atom. The summed E-state index contributed by atoms with van der Waals surface area (Å²) in [5.74, 6) is 2.07. The maximum absolute atomic E-state index is 12.8. The van der Waals surface area contributed by atoms with Crippen LogP contribution >= 0.6 is 0 Å². The lowest BCUT2D eigenvalue weighted by atomic mass is 9.51. The minimum Gasteiger partial charge on any atom is -0.387 e. The van der Waals surface area contributed by atoms with Crippen molar-refractivity contribution in [3.05, 3.63) is 23.9 Å². The van der Waals surface area contributed by atoms with Crippen molar-refractivity contribution in [3.8, 4) is 0 Å². The number of hydrogen-bond donors (Lipinski definition) is 2. The molecule has 27 heavy (non-hydrogen) atoms. The highest BCUT2D eigenvalue weighted by atomic mass is 16.1. The van der Waals surface area contributed by atoms with E-state index in [0.29, 0.717) is 24.2 Å². The highest BCUT2D eigenvalue weighted by Crippen LogP contribution is 2.63. The summed E-state index contributed by atoms with van der Waals surface area (Å²) in [7, 11) is 0. The quantitative estimate of drug-likeness (QED) is 0.778. The Balaban J connectivity index is 1.57. The lowest BCUT2D eigenvalue weighted by Gasteiger charge is -2.57. The van der Waals surface area contributed by atoms with Gasteiger partial charge in [0.25, 0.3) is 0 Å². The predicted octanol–water partition coefficient (Wildman–Crippen LogP) is 3.74. The van der Waals surface area contributed by atoms with E-state index in [4.69, 9.17) is 0 Å². The van der Waals surface area contributed by atoms with E-state index < -0.39 is 0 Å². The number of nitrogens with one attached hydrogen (secondary N) is 2. The molecule has 3 fully saturated rings. The molecule has 1 saturated heterocycles. The minimum atomic E-state index is -0.169. The fourth-order valence-corrected chi connectivity index (χ4v) is 6.68. The first kappa shape index (κ1) is 18.8. The van der Waals surface area contributed by atoms with Crippen LogP contribution in [-0.2, 0) is 9.59 Å². The first-order valence-corrected chi connectivity index (χ1v) is 10.6. The summed E-state index contributed by atoms with van der Waals surface area (Å²) in [6.45, 7) is 9.41. The third-order valence-electron chi connectivity index (χ3n) is 7.75. The largest absolute Gasteiger partial charge is 0.387 e. The predicted molar refractivity (Wildman–Crippen MR) is 107 cm³/mol. The van der Waals surface area contributed by atoms with Crippen LogP contribution in [-0.4, -0.2) is 23.8 Å². The second-order valence-electron chi connectivity index (χ2n) is 10.6. The summed E-state index contributed by atoms with van der Waals surface area (Å²) in [5.41, 5.74) is 1.05. The summed E-state index contributed by atoms with van der Waals surface area (Å²) < 4.78 is 0. The maximum Gasteiger partial charge on any atom is 0.220 e. The van der Waals surface area contributed by atoms with E-state index in [2.05, 4.69) is 44.4 Å². The molecule has 4 nitrogen and oxygen atoms in total. The monoisotopic (exact) mass is 370 g/mol. The van der Waals surface area contributed by atoms with Crippen molar-refractivity contribution in [2.75, 3.05) is 6.54 Å². The lowest BCUT2D eigenvalue weighted by molar-refractivity contribution is -0.128. The highest BCUT2D eigenvalue weighted by molar-refractivity contribution is 6.01. The molecule has 4 heteroatoms. The summed E-state index contributed by atoms with van der Waals surface area (Å²) in [5, 5.41) is 6.79. The molecular weight excluding hydrogens is 336 g/mol. The number of piperidine rings is 1. The molecule has 1 aliphatic heterocycles. The lowest BCUT2D eigenvalue weighted by Crippen LogP contribution is -2.56. The smallest absolute Gasteiger partial charge is 0.220 e. The average Bonchev–Trinajstić information content (AvgIpc) is 2.97. The molecule has 1 amide bonds. The molecule has 3 aliphatic carbocycles. The molecule has 4 rings (SSSR count). The molecule has 148 valence electrons. The molecule has 1 heterocycles. The van der Waals surface area contributed by atoms with Crippen molar-refractivity contribution in [3.63, 3.8) is 0 Å². The number of amides is 1. The van der Waals surface area contributed by atoms with Crippen molar-refractivity contribution < 1.29 is 9.59 Å². The Morgan fingerprint density at radius 2 is 2.04 bits per heavy atom. The van der Waals surface area contributed by atoms with Gasteiger partial charge in [-0.05, 0) is 75.7 Å². The number of rotatable bonds is 2. The molecule has 0 bridgehead atoms. The van der Waals surface area contributed by atoms with E-state index >= 15 is 0 Å². The molecule has 0 spiro atoms. The summed E-state index contributed by atoms with van der Waals surface area (Å²) >= 11 is 0. The van der Waals surface area contributed by atoms with Crippen LogP contribution in [0.4, 0.5) is 0 Å². The third-order valence-corrected chi connectivity index (χ3v) is 7.75. The van der Waals surface area contributed by atoms with E-state index in [1.165, 1.54) is 19.3 Å². The van der Waals surface area contributed by atoms with Crippen molar-refractivity contribution in [1.82, 2.24) is 10.6 Å². The van der Waals surface area contributed by atoms with Gasteiger partial charge in [-0.2, -0.15) is 0 Å². The number of carbonyl (C=O) groups is 2. The first-order chi connectivity index (χ1) is 12.6. The van der Waals surface area contributed by atoms with Crippen LogP contribution < -0.4 is 10.6 Å². The molecule has 5 atom stereocenters. The van der Waals surface area contributed by atoms with Gasteiger partial charge in [0.05, 0.1) is 0 Å². The number of fused-ring (bicyclic) bond motifs is 5. The van der Waals surface area contributed by atoms with Crippen molar-refractivity contribution in [1.29, 1.82) is 0 Å². The molecule has 0 aromatic heterocycles. The Kier molecular flexibility index (Phi) is 4.32. The molecular formula is C23H34N2O2. The van der Waals surface area contributed by atoms with Gasteiger partial charge in [-0.25, -0.2) is 0 Å². The molecule has 2 N–H and O–H groups in total. The van der Waals surface area contributed by atoms with Gasteiger partial charge in [-0.15, -0.1) is 0 Å². The van der Waals surface area contributed by atoms with Crippen LogP contribution in [0, 0.1) is 28.6 Å². The van der Waals surface area contributed by atoms with E-state index in [1.54, 1.807) is 12.2 Å². The standard InChI is InChI=1S/C23H34N2O2/c1-21(2,3)25-20(27)13-23-9-5-6-18(23)16-14-24-19-12-15(26)7-10-22(19,4)17(16)8-11-23/h7,10,12,16-18,24H,5-6,8-9,11,13-14H2,1-4H3,(H,25,27)/t16-,17+,18+,22-,23+/m1/s1. The van der Waals surface area contributed by atoms with Gasteiger partial charge in [-0.1, -0.05) is 19.4 Å². The minimum absolute atomic E-state index is 0.0563. The molecule has 0 aromatic carbocycles. The zero-order valence-electron chi connectivity index (χ0n) is 17.2. The second-order valence-corrected chi connectivity index (χ2v) is 10.6. The van der Waals surface area contributed by atoms with Gasteiger partial charge < -0.3 is 10.6 Å². The molecule has 0 unspecified atom stereocenters. The van der Waals surface area contributed by atoms with E-state index in [1.807, 2.05) is 0 Å². The fourth-order valence-electron chi connectivity index (χ4n) is 6.68. The summed E-state index contributed by atoms with van der Waals surface area (Å²) in [4.78, 5) is 24.6. The van der Waals surface area contributed by atoms with Crippen LogP contribution in [0.2, 0.25) is 0 Å². The van der Waals surface area contributed by atoms with Crippen LogP contribution in [0.3, 0.4) is 0 Å². The second kappa shape index (κ2) is 6.22. The first-order valence-electron chi connectivity index (χ1n) is 10.6. The summed E-state index contributed by atoms with van der Waals surface area (Å²) in [6.07, 6.45) is 12.3. The Bertz CT molecular complexity index is 716. The Morgan fingerprint density at radius 3 is 2.78 bits per heavy atom. The van der Waals surface area contributed by atoms with Crippen LogP contribution in [0.1, 0.15) is 66.2 Å². The SMILES string of the molecule is CC(C)(C)NC(=O)C[C@@]12CCC[C@H]1[C@@H]1CNC3=CC(=O)C=C[C@]3(C)[C@H]1CC2. The maximum atomic E-state index is 12.8. The average molecular weight is 371 g/mol. The molecule has 0 aromatic rings. The van der Waals surface area contributed by atoms with E-state index in [0.717, 1.165) is 25.1 Å². The van der Waals surface area contributed by atoms with E-state index in [-0.39, 0.29) is 28.1 Å². The van der Waals surface area contributed by atoms with Gasteiger partial charge >= 0.3 is 0 Å². The zero-order valence-corrected chi connectivity index (χ0v) is 17.2. The molecule has 2 saturated carbocycles. The van der Waals surface area contributed by atoms with Crippen LogP contribution in [0.25, 0.3) is 0 Å². The number of hydrogen-bond acceptors (Lipinski definition) is 3. The van der Waals surface area contributed by atoms with Gasteiger partial charge in [0.2, 0.25) is 5.91 Å². The van der Waals surface area contributed by atoms with Crippen molar-refractivity contribution in [2.24, 2.45) is 28.6 Å². The zero-order chi connectivity index (χ0) is 19.4. The number of carbonyl (C=O) groups excluding carboxylic acids is 2. The normalized spacial score (nSPS) is 40.4. The van der Waals surface area contributed by atoms with Crippen LogP contribution in [0.15, 0.2) is 23.9 Å². The van der Waals surface area contributed by atoms with Crippen molar-refractivity contribution >= 4 is 11.7 Å². The fraction of sp³-hybridized carbons (Fsp3) is 0.739. The topological polar surface area (TPSA) is 58.2 Å². The number of ketones is 1. The van der Waals surface area contributed by atoms with Gasteiger partial charge in [0.1, 0.15) is 0 Å². The third kappa shape index (κ3) is 3.15. The van der Waals surface area contributed by atoms with Gasteiger partial charge in [0.15, 0.2) is 5.78 Å². The van der Waals surface area contributed by atoms with Crippen LogP contribution in [0.5, 0.6) is 0 Å². The highest BCUT2D eigenvalue weighted by Gasteiger charge is 2.57. The van der Waals surface area contributed by atoms with Gasteiger partial charge in [-0.3, -0.25) is 9.59 Å². The van der Waals surface area contributed by atoms with E-state index in [9.17, 15) is 9.59 Å². The van der Waals surface area contributed by atoms with Gasteiger partial charge in [0, 0.05) is 35.7 Å².